The van der Waals surface area contributed by atoms with E-state index in [0.717, 1.165) is 27.0 Å². The van der Waals surface area contributed by atoms with Crippen molar-refractivity contribution < 1.29 is 9.47 Å². The average molecular weight is 352 g/mol. The highest BCUT2D eigenvalue weighted by Gasteiger charge is 2.18. The maximum absolute atomic E-state index is 5.95. The highest BCUT2D eigenvalue weighted by Crippen LogP contribution is 2.28. The van der Waals surface area contributed by atoms with Gasteiger partial charge in [-0.3, -0.25) is 0 Å². The Hall–Kier alpha value is -2.93. The number of fused-ring (bicyclic) bond motifs is 1. The fourth-order valence-corrected chi connectivity index (χ4v) is 3.29. The zero-order chi connectivity index (χ0) is 17.2. The number of rotatable bonds is 5. The summed E-state index contributed by atoms with van der Waals surface area (Å²) in [6.45, 7) is 1.98. The molecule has 0 aliphatic heterocycles. The average Bonchev–Trinajstić information content (AvgIpc) is 3.23. The lowest BCUT2D eigenvalue weighted by Gasteiger charge is -2.11. The Morgan fingerprint density at radius 3 is 2.44 bits per heavy atom. The van der Waals surface area contributed by atoms with Gasteiger partial charge in [-0.05, 0) is 43.3 Å². The molecule has 0 amide bonds. The molecule has 6 nitrogen and oxygen atoms in total. The van der Waals surface area contributed by atoms with Crippen LogP contribution in [-0.2, 0) is 0 Å². The number of para-hydroxylation sites is 1. The molecule has 0 N–H and O–H groups in total. The van der Waals surface area contributed by atoms with E-state index in [1.165, 1.54) is 11.3 Å². The predicted octanol–water partition coefficient (Wildman–Crippen LogP) is 4.00. The second-order valence-corrected chi connectivity index (χ2v) is 6.45. The van der Waals surface area contributed by atoms with E-state index >= 15 is 0 Å². The maximum atomic E-state index is 5.95. The SMILES string of the molecule is COc1ccc(-c2nnc3sc([C@H](C)Oc4ccccc4)nn23)cc1. The van der Waals surface area contributed by atoms with Gasteiger partial charge in [0, 0.05) is 5.56 Å². The van der Waals surface area contributed by atoms with Gasteiger partial charge in [-0.1, -0.05) is 29.5 Å². The fourth-order valence-electron chi connectivity index (χ4n) is 2.47. The van der Waals surface area contributed by atoms with Gasteiger partial charge in [0.05, 0.1) is 7.11 Å². The van der Waals surface area contributed by atoms with Crippen LogP contribution in [0.5, 0.6) is 11.5 Å². The molecule has 7 heteroatoms. The van der Waals surface area contributed by atoms with Crippen molar-refractivity contribution in [2.24, 2.45) is 0 Å². The van der Waals surface area contributed by atoms with Crippen LogP contribution >= 0.6 is 11.3 Å². The molecule has 2 aromatic heterocycles. The van der Waals surface area contributed by atoms with Crippen LogP contribution in [0.1, 0.15) is 18.0 Å². The smallest absolute Gasteiger partial charge is 0.235 e. The molecule has 0 fully saturated rings. The Balaban J connectivity index is 1.63. The molecule has 0 spiro atoms. The van der Waals surface area contributed by atoms with Gasteiger partial charge >= 0.3 is 0 Å². The number of methoxy groups -OCH3 is 1. The third kappa shape index (κ3) is 3.06. The topological polar surface area (TPSA) is 61.5 Å². The molecule has 25 heavy (non-hydrogen) atoms. The number of hydrogen-bond donors (Lipinski definition) is 0. The molecule has 1 atom stereocenters. The molecule has 0 bridgehead atoms. The normalized spacial score (nSPS) is 12.2. The summed E-state index contributed by atoms with van der Waals surface area (Å²) >= 11 is 1.48. The highest BCUT2D eigenvalue weighted by atomic mass is 32.1. The molecule has 0 unspecified atom stereocenters. The van der Waals surface area contributed by atoms with Crippen LogP contribution in [0.25, 0.3) is 16.3 Å². The molecule has 126 valence electrons. The minimum absolute atomic E-state index is 0.169. The first-order valence-electron chi connectivity index (χ1n) is 7.83. The number of aromatic nitrogens is 4. The van der Waals surface area contributed by atoms with Crippen molar-refractivity contribution in [1.29, 1.82) is 0 Å². The zero-order valence-corrected chi connectivity index (χ0v) is 14.6. The van der Waals surface area contributed by atoms with E-state index in [9.17, 15) is 0 Å². The van der Waals surface area contributed by atoms with Crippen LogP contribution in [-0.4, -0.2) is 26.9 Å². The third-order valence-electron chi connectivity index (χ3n) is 3.76. The predicted molar refractivity (Wildman–Crippen MR) is 96.1 cm³/mol. The maximum Gasteiger partial charge on any atom is 0.235 e. The van der Waals surface area contributed by atoms with Crippen LogP contribution in [0.15, 0.2) is 54.6 Å². The van der Waals surface area contributed by atoms with Gasteiger partial charge in [-0.2, -0.15) is 9.61 Å². The molecule has 4 aromatic rings. The van der Waals surface area contributed by atoms with Gasteiger partial charge in [0.15, 0.2) is 10.8 Å². The molecule has 0 aliphatic rings. The Morgan fingerprint density at radius 1 is 0.960 bits per heavy atom. The monoisotopic (exact) mass is 352 g/mol. The summed E-state index contributed by atoms with van der Waals surface area (Å²) in [5.41, 5.74) is 0.932. The van der Waals surface area contributed by atoms with Crippen molar-refractivity contribution in [3.05, 3.63) is 59.6 Å². The lowest BCUT2D eigenvalue weighted by atomic mass is 10.2. The van der Waals surface area contributed by atoms with Crippen molar-refractivity contribution in [2.45, 2.75) is 13.0 Å². The van der Waals surface area contributed by atoms with Gasteiger partial charge in [0.2, 0.25) is 4.96 Å². The second kappa shape index (κ2) is 6.52. The summed E-state index contributed by atoms with van der Waals surface area (Å²) in [5.74, 6) is 2.32. The largest absolute Gasteiger partial charge is 0.497 e. The summed E-state index contributed by atoms with van der Waals surface area (Å²) in [6, 6.07) is 17.4. The fraction of sp³-hybridized carbons (Fsp3) is 0.167. The standard InChI is InChI=1S/C18H16N4O2S/c1-12(24-15-6-4-3-5-7-15)17-21-22-16(19-20-18(22)25-17)13-8-10-14(23-2)11-9-13/h3-12H,1-2H3/t12-/m0/s1. The Kier molecular flexibility index (Phi) is 4.07. The van der Waals surface area contributed by atoms with Crippen LogP contribution in [0.4, 0.5) is 0 Å². The van der Waals surface area contributed by atoms with E-state index < -0.39 is 0 Å². The lowest BCUT2D eigenvalue weighted by molar-refractivity contribution is 0.225. The molecule has 0 radical (unpaired) electrons. The molecule has 2 heterocycles. The minimum Gasteiger partial charge on any atom is -0.497 e. The van der Waals surface area contributed by atoms with E-state index in [2.05, 4.69) is 15.3 Å². The molecule has 0 saturated carbocycles. The molecule has 0 saturated heterocycles. The van der Waals surface area contributed by atoms with Crippen molar-refractivity contribution in [3.63, 3.8) is 0 Å². The summed E-state index contributed by atoms with van der Waals surface area (Å²) in [7, 11) is 1.64. The summed E-state index contributed by atoms with van der Waals surface area (Å²) in [6.07, 6.45) is -0.169. The first-order chi connectivity index (χ1) is 12.2. The number of benzene rings is 2. The van der Waals surface area contributed by atoms with Crippen molar-refractivity contribution in [1.82, 2.24) is 19.8 Å². The van der Waals surface area contributed by atoms with E-state index in [1.54, 1.807) is 11.6 Å². The quantitative estimate of drug-likeness (QED) is 0.543. The summed E-state index contributed by atoms with van der Waals surface area (Å²) in [5, 5.41) is 14.0. The Morgan fingerprint density at radius 2 is 1.72 bits per heavy atom. The van der Waals surface area contributed by atoms with Gasteiger partial charge in [0.1, 0.15) is 17.6 Å². The second-order valence-electron chi connectivity index (χ2n) is 5.46. The Bertz CT molecular complexity index is 979. The van der Waals surface area contributed by atoms with Gasteiger partial charge in [-0.15, -0.1) is 10.2 Å². The minimum atomic E-state index is -0.169. The van der Waals surface area contributed by atoms with Crippen LogP contribution < -0.4 is 9.47 Å². The van der Waals surface area contributed by atoms with E-state index in [4.69, 9.17) is 9.47 Å². The number of hydrogen-bond acceptors (Lipinski definition) is 6. The first kappa shape index (κ1) is 15.6. The van der Waals surface area contributed by atoms with Crippen molar-refractivity contribution in [3.8, 4) is 22.9 Å². The van der Waals surface area contributed by atoms with Gasteiger partial charge < -0.3 is 9.47 Å². The highest BCUT2D eigenvalue weighted by molar-refractivity contribution is 7.16. The zero-order valence-electron chi connectivity index (χ0n) is 13.8. The van der Waals surface area contributed by atoms with Gasteiger partial charge in [0.25, 0.3) is 0 Å². The van der Waals surface area contributed by atoms with Crippen molar-refractivity contribution in [2.75, 3.05) is 7.11 Å². The van der Waals surface area contributed by atoms with E-state index in [0.29, 0.717) is 5.82 Å². The van der Waals surface area contributed by atoms with E-state index in [1.807, 2.05) is 61.5 Å². The molecular weight excluding hydrogens is 336 g/mol. The third-order valence-corrected chi connectivity index (χ3v) is 4.82. The summed E-state index contributed by atoms with van der Waals surface area (Å²) in [4.78, 5) is 0.740. The number of nitrogens with zero attached hydrogens (tertiary/aromatic N) is 4. The summed E-state index contributed by atoms with van der Waals surface area (Å²) < 4.78 is 12.9. The Labute approximate surface area is 148 Å². The lowest BCUT2D eigenvalue weighted by Crippen LogP contribution is -2.03. The van der Waals surface area contributed by atoms with Gasteiger partial charge in [-0.25, -0.2) is 0 Å². The molecule has 0 aliphatic carbocycles. The molecular formula is C18H16N4O2S. The van der Waals surface area contributed by atoms with E-state index in [-0.39, 0.29) is 6.10 Å². The molecule has 4 rings (SSSR count). The van der Waals surface area contributed by atoms with Crippen LogP contribution in [0.2, 0.25) is 0 Å². The van der Waals surface area contributed by atoms with Crippen LogP contribution in [0, 0.1) is 0 Å². The number of ether oxygens (including phenoxy) is 2. The van der Waals surface area contributed by atoms with Crippen molar-refractivity contribution >= 4 is 16.3 Å². The molecule has 2 aromatic carbocycles. The first-order valence-corrected chi connectivity index (χ1v) is 8.64. The van der Waals surface area contributed by atoms with Crippen LogP contribution in [0.3, 0.4) is 0 Å².